The molecule has 0 radical (unpaired) electrons. The highest BCUT2D eigenvalue weighted by molar-refractivity contribution is 7.91. The van der Waals surface area contributed by atoms with Crippen LogP contribution in [-0.2, 0) is 14.6 Å². The fourth-order valence-corrected chi connectivity index (χ4v) is 4.81. The highest BCUT2D eigenvalue weighted by Gasteiger charge is 2.26. The van der Waals surface area contributed by atoms with Crippen molar-refractivity contribution in [1.82, 2.24) is 5.32 Å². The molecule has 1 amide bonds. The van der Waals surface area contributed by atoms with Gasteiger partial charge >= 0.3 is 0 Å². The molecule has 6 nitrogen and oxygen atoms in total. The van der Waals surface area contributed by atoms with Crippen LogP contribution in [0.5, 0.6) is 0 Å². The Kier molecular flexibility index (Phi) is 5.82. The molecule has 144 valence electrons. The lowest BCUT2D eigenvalue weighted by molar-refractivity contribution is -0.116. The summed E-state index contributed by atoms with van der Waals surface area (Å²) in [5.74, 6) is -0.181. The molecule has 0 unspecified atom stereocenters. The predicted molar refractivity (Wildman–Crippen MR) is 107 cm³/mol. The van der Waals surface area contributed by atoms with Crippen molar-refractivity contribution >= 4 is 27.1 Å². The monoisotopic (exact) mass is 387 g/mol. The molecule has 3 rings (SSSR count). The molecule has 27 heavy (non-hydrogen) atoms. The van der Waals surface area contributed by atoms with E-state index in [9.17, 15) is 13.2 Å². The van der Waals surface area contributed by atoms with Gasteiger partial charge in [0, 0.05) is 45.3 Å². The largest absolute Gasteiger partial charge is 0.369 e. The number of piperazine rings is 1. The number of anilines is 2. The van der Waals surface area contributed by atoms with Gasteiger partial charge in [0.1, 0.15) is 0 Å². The maximum atomic E-state index is 13.2. The van der Waals surface area contributed by atoms with Crippen molar-refractivity contribution in [3.63, 3.8) is 0 Å². The molecule has 0 aromatic heterocycles. The van der Waals surface area contributed by atoms with Crippen molar-refractivity contribution in [2.75, 3.05) is 42.5 Å². The Balaban J connectivity index is 2.14. The topological polar surface area (TPSA) is 69.7 Å². The first-order valence-electron chi connectivity index (χ1n) is 9.13. The molecule has 1 aliphatic heterocycles. The lowest BCUT2D eigenvalue weighted by Gasteiger charge is -2.31. The number of carbonyl (C=O) groups excluding carboxylic acids is 1. The number of rotatable bonds is 5. The van der Waals surface area contributed by atoms with Crippen molar-refractivity contribution in [2.45, 2.75) is 23.6 Å². The smallest absolute Gasteiger partial charge is 0.223 e. The third-order valence-corrected chi connectivity index (χ3v) is 6.57. The van der Waals surface area contributed by atoms with Gasteiger partial charge in [-0.25, -0.2) is 8.42 Å². The molecule has 1 saturated heterocycles. The molecule has 1 fully saturated rings. The second-order valence-corrected chi connectivity index (χ2v) is 8.39. The molecule has 1 heterocycles. The fourth-order valence-electron chi connectivity index (χ4n) is 3.35. The van der Waals surface area contributed by atoms with Crippen LogP contribution >= 0.6 is 0 Å². The van der Waals surface area contributed by atoms with Gasteiger partial charge in [0.25, 0.3) is 0 Å². The summed E-state index contributed by atoms with van der Waals surface area (Å²) < 4.78 is 26.4. The van der Waals surface area contributed by atoms with Crippen molar-refractivity contribution in [2.24, 2.45) is 0 Å². The maximum Gasteiger partial charge on any atom is 0.223 e. The van der Waals surface area contributed by atoms with Crippen LogP contribution in [0, 0.1) is 0 Å². The van der Waals surface area contributed by atoms with Gasteiger partial charge in [-0.05, 0) is 37.3 Å². The summed E-state index contributed by atoms with van der Waals surface area (Å²) >= 11 is 0. The Labute approximate surface area is 160 Å². The number of benzene rings is 2. The molecular formula is C20H25N3O3S. The van der Waals surface area contributed by atoms with Crippen LogP contribution in [0.3, 0.4) is 0 Å². The number of sulfone groups is 1. The van der Waals surface area contributed by atoms with Gasteiger partial charge in [-0.2, -0.15) is 0 Å². The molecule has 0 aliphatic carbocycles. The van der Waals surface area contributed by atoms with Crippen molar-refractivity contribution in [3.05, 3.63) is 48.5 Å². The second kappa shape index (κ2) is 8.10. The lowest BCUT2D eigenvalue weighted by Crippen LogP contribution is -2.43. The Morgan fingerprint density at radius 3 is 2.37 bits per heavy atom. The number of nitrogens with one attached hydrogen (secondary N) is 1. The van der Waals surface area contributed by atoms with Gasteiger partial charge in [-0.15, -0.1) is 0 Å². The highest BCUT2D eigenvalue weighted by Crippen LogP contribution is 2.34. The molecule has 0 spiro atoms. The average Bonchev–Trinajstić information content (AvgIpc) is 2.69. The van der Waals surface area contributed by atoms with E-state index in [1.54, 1.807) is 36.4 Å². The minimum Gasteiger partial charge on any atom is -0.369 e. The zero-order valence-electron chi connectivity index (χ0n) is 15.7. The fraction of sp³-hybridized carbons (Fsp3) is 0.350. The first-order chi connectivity index (χ1) is 12.9. The third-order valence-electron chi connectivity index (χ3n) is 4.75. The van der Waals surface area contributed by atoms with Gasteiger partial charge < -0.3 is 15.1 Å². The van der Waals surface area contributed by atoms with E-state index in [0.29, 0.717) is 12.2 Å². The van der Waals surface area contributed by atoms with Crippen LogP contribution in [0.2, 0.25) is 0 Å². The average molecular weight is 388 g/mol. The van der Waals surface area contributed by atoms with Crippen LogP contribution in [0.1, 0.15) is 13.8 Å². The Morgan fingerprint density at radius 1 is 1.11 bits per heavy atom. The molecular weight excluding hydrogens is 362 g/mol. The third kappa shape index (κ3) is 3.99. The molecule has 2 aromatic rings. The van der Waals surface area contributed by atoms with Gasteiger partial charge in [0.05, 0.1) is 15.5 Å². The van der Waals surface area contributed by atoms with Gasteiger partial charge in [-0.3, -0.25) is 4.79 Å². The highest BCUT2D eigenvalue weighted by atomic mass is 32.2. The van der Waals surface area contributed by atoms with Crippen LogP contribution in [0.4, 0.5) is 11.4 Å². The van der Waals surface area contributed by atoms with Crippen LogP contribution < -0.4 is 15.1 Å². The number of hydrogen-bond acceptors (Lipinski definition) is 5. The molecule has 1 aliphatic rings. The SMILES string of the molecule is CCN(C(C)=O)c1cc(N2CCNCC2)ccc1S(=O)(=O)c1ccccc1. The molecule has 2 aromatic carbocycles. The van der Waals surface area contributed by atoms with E-state index < -0.39 is 9.84 Å². The van der Waals surface area contributed by atoms with Crippen LogP contribution in [0.25, 0.3) is 0 Å². The maximum absolute atomic E-state index is 13.2. The summed E-state index contributed by atoms with van der Waals surface area (Å²) in [5, 5.41) is 3.31. The molecule has 1 N–H and O–H groups in total. The molecule has 0 bridgehead atoms. The number of nitrogens with zero attached hydrogens (tertiary/aromatic N) is 2. The number of amides is 1. The summed E-state index contributed by atoms with van der Waals surface area (Å²) in [5.41, 5.74) is 1.36. The van der Waals surface area contributed by atoms with Crippen molar-refractivity contribution < 1.29 is 13.2 Å². The van der Waals surface area contributed by atoms with Gasteiger partial charge in [0.15, 0.2) is 0 Å². The van der Waals surface area contributed by atoms with Crippen LogP contribution in [-0.4, -0.2) is 47.0 Å². The van der Waals surface area contributed by atoms with E-state index in [0.717, 1.165) is 31.9 Å². The van der Waals surface area contributed by atoms with Gasteiger partial charge in [-0.1, -0.05) is 18.2 Å². The Hall–Kier alpha value is -2.38. The standard InChI is InChI=1S/C20H25N3O3S/c1-3-23(16(2)24)19-15-17(22-13-11-21-12-14-22)9-10-20(19)27(25,26)18-7-5-4-6-8-18/h4-10,15,21H,3,11-14H2,1-2H3. The zero-order valence-corrected chi connectivity index (χ0v) is 16.5. The summed E-state index contributed by atoms with van der Waals surface area (Å²) in [6.45, 7) is 7.15. The molecule has 0 atom stereocenters. The normalized spacial score (nSPS) is 14.8. The van der Waals surface area contributed by atoms with E-state index in [-0.39, 0.29) is 15.7 Å². The minimum absolute atomic E-state index is 0.157. The van der Waals surface area contributed by atoms with Crippen molar-refractivity contribution in [1.29, 1.82) is 0 Å². The summed E-state index contributed by atoms with van der Waals surface area (Å²) in [6, 6.07) is 13.6. The molecule has 7 heteroatoms. The van der Waals surface area contributed by atoms with E-state index in [2.05, 4.69) is 10.2 Å². The zero-order chi connectivity index (χ0) is 19.4. The van der Waals surface area contributed by atoms with E-state index in [1.165, 1.54) is 11.8 Å². The van der Waals surface area contributed by atoms with E-state index in [4.69, 9.17) is 0 Å². The quantitative estimate of drug-likeness (QED) is 0.853. The van der Waals surface area contributed by atoms with Gasteiger partial charge in [0.2, 0.25) is 15.7 Å². The first-order valence-corrected chi connectivity index (χ1v) is 10.6. The number of carbonyl (C=O) groups is 1. The Morgan fingerprint density at radius 2 is 1.78 bits per heavy atom. The summed E-state index contributed by atoms with van der Waals surface area (Å²) in [7, 11) is -3.73. The predicted octanol–water partition coefficient (Wildman–Crippen LogP) is 2.30. The summed E-state index contributed by atoms with van der Waals surface area (Å²) in [6.07, 6.45) is 0. The molecule has 0 saturated carbocycles. The second-order valence-electron chi connectivity index (χ2n) is 6.47. The summed E-state index contributed by atoms with van der Waals surface area (Å²) in [4.78, 5) is 16.3. The lowest BCUT2D eigenvalue weighted by atomic mass is 10.2. The van der Waals surface area contributed by atoms with Crippen LogP contribution in [0.15, 0.2) is 58.3 Å². The first kappa shape index (κ1) is 19.4. The van der Waals surface area contributed by atoms with E-state index >= 15 is 0 Å². The number of hydrogen-bond donors (Lipinski definition) is 1. The minimum atomic E-state index is -3.73. The van der Waals surface area contributed by atoms with Crippen molar-refractivity contribution in [3.8, 4) is 0 Å². The Bertz CT molecular complexity index is 907. The van der Waals surface area contributed by atoms with E-state index in [1.807, 2.05) is 19.1 Å².